The first-order chi connectivity index (χ1) is 12.8. The number of carbonyl (C=O) groups is 1. The molecule has 3 aromatic rings. The van der Waals surface area contributed by atoms with E-state index in [-0.39, 0.29) is 18.3 Å². The number of nitrogens with zero attached hydrogens (tertiary/aromatic N) is 4. The van der Waals surface area contributed by atoms with E-state index in [1.165, 1.54) is 5.56 Å². The Morgan fingerprint density at radius 3 is 2.22 bits per heavy atom. The van der Waals surface area contributed by atoms with Crippen molar-refractivity contribution >= 4 is 18.3 Å². The highest BCUT2D eigenvalue weighted by molar-refractivity contribution is 5.91. The number of aromatic nitrogens is 3. The summed E-state index contributed by atoms with van der Waals surface area (Å²) >= 11 is 0. The van der Waals surface area contributed by atoms with Crippen molar-refractivity contribution in [3.05, 3.63) is 83.7 Å². The molecule has 0 atom stereocenters. The van der Waals surface area contributed by atoms with Gasteiger partial charge in [-0.15, -0.1) is 17.5 Å². The molecule has 0 saturated carbocycles. The first-order valence-electron chi connectivity index (χ1n) is 8.73. The molecule has 2 N–H and O–H groups in total. The number of hydrogen-bond acceptors (Lipinski definition) is 4. The summed E-state index contributed by atoms with van der Waals surface area (Å²) < 4.78 is 1.68. The van der Waals surface area contributed by atoms with Crippen LogP contribution in [0.2, 0.25) is 0 Å². The molecule has 0 aliphatic carbocycles. The zero-order valence-electron chi connectivity index (χ0n) is 15.1. The number of amides is 1. The summed E-state index contributed by atoms with van der Waals surface area (Å²) in [6, 6.07) is 20.1. The molecule has 0 aliphatic heterocycles. The predicted octanol–water partition coefficient (Wildman–Crippen LogP) is 2.39. The molecule has 0 unspecified atom stereocenters. The third-order valence-electron chi connectivity index (χ3n) is 4.14. The van der Waals surface area contributed by atoms with Gasteiger partial charge < -0.3 is 10.6 Å². The molecule has 0 aliphatic rings. The Morgan fingerprint density at radius 2 is 1.59 bits per heavy atom. The average molecular weight is 386 g/mol. The minimum Gasteiger partial charge on any atom is -0.336 e. The Balaban J connectivity index is 0.00000261. The quantitative estimate of drug-likeness (QED) is 0.645. The minimum atomic E-state index is -0.134. The summed E-state index contributed by atoms with van der Waals surface area (Å²) in [7, 11) is 0. The summed E-state index contributed by atoms with van der Waals surface area (Å²) in [6.45, 7) is 2.10. The van der Waals surface area contributed by atoms with E-state index < -0.39 is 0 Å². The maximum Gasteiger partial charge on any atom is 0.276 e. The third-order valence-corrected chi connectivity index (χ3v) is 4.14. The fourth-order valence-corrected chi connectivity index (χ4v) is 2.79. The van der Waals surface area contributed by atoms with Gasteiger partial charge in [-0.1, -0.05) is 65.9 Å². The average Bonchev–Trinajstić information content (AvgIpc) is 3.14. The van der Waals surface area contributed by atoms with Gasteiger partial charge in [0.15, 0.2) is 5.69 Å². The second-order valence-electron chi connectivity index (χ2n) is 6.10. The van der Waals surface area contributed by atoms with Crippen molar-refractivity contribution < 1.29 is 4.79 Å². The van der Waals surface area contributed by atoms with E-state index >= 15 is 0 Å². The maximum absolute atomic E-state index is 12.8. The van der Waals surface area contributed by atoms with Gasteiger partial charge in [0.05, 0.1) is 12.7 Å². The van der Waals surface area contributed by atoms with E-state index in [2.05, 4.69) is 22.4 Å². The van der Waals surface area contributed by atoms with Crippen LogP contribution in [0.3, 0.4) is 0 Å². The van der Waals surface area contributed by atoms with Crippen molar-refractivity contribution in [2.24, 2.45) is 5.73 Å². The van der Waals surface area contributed by atoms with E-state index in [9.17, 15) is 4.79 Å². The van der Waals surface area contributed by atoms with Gasteiger partial charge in [0, 0.05) is 19.6 Å². The molecular weight excluding hydrogens is 362 g/mol. The lowest BCUT2D eigenvalue weighted by Crippen LogP contribution is -2.37. The molecule has 0 fully saturated rings. The number of hydrogen-bond donors (Lipinski definition) is 1. The lowest BCUT2D eigenvalue weighted by atomic mass is 10.1. The number of rotatable bonds is 8. The summed E-state index contributed by atoms with van der Waals surface area (Å²) in [6.07, 6.45) is 2.48. The zero-order valence-corrected chi connectivity index (χ0v) is 15.9. The molecule has 7 heteroatoms. The molecule has 2 aromatic carbocycles. The first-order valence-corrected chi connectivity index (χ1v) is 8.73. The third kappa shape index (κ3) is 5.91. The van der Waals surface area contributed by atoms with Crippen molar-refractivity contribution in [1.82, 2.24) is 19.9 Å². The second kappa shape index (κ2) is 10.4. The highest BCUT2D eigenvalue weighted by Crippen LogP contribution is 2.07. The zero-order chi connectivity index (χ0) is 18.2. The number of carbonyl (C=O) groups excluding carboxylic acids is 1. The van der Waals surface area contributed by atoms with E-state index in [1.54, 1.807) is 15.8 Å². The van der Waals surface area contributed by atoms with Crippen LogP contribution in [-0.2, 0) is 13.0 Å². The minimum absolute atomic E-state index is 0. The topological polar surface area (TPSA) is 77.0 Å². The molecule has 1 amide bonds. The molecule has 0 radical (unpaired) electrons. The van der Waals surface area contributed by atoms with Crippen LogP contribution >= 0.6 is 12.4 Å². The molecule has 3 rings (SSSR count). The van der Waals surface area contributed by atoms with Crippen LogP contribution in [0.5, 0.6) is 0 Å². The largest absolute Gasteiger partial charge is 0.336 e. The summed E-state index contributed by atoms with van der Waals surface area (Å²) in [5.74, 6) is -0.134. The van der Waals surface area contributed by atoms with Gasteiger partial charge in [-0.05, 0) is 17.5 Å². The molecule has 27 heavy (non-hydrogen) atoms. The van der Waals surface area contributed by atoms with Crippen LogP contribution in [0.4, 0.5) is 0 Å². The Morgan fingerprint density at radius 1 is 0.963 bits per heavy atom. The Hall–Kier alpha value is -2.70. The van der Waals surface area contributed by atoms with Crippen LogP contribution in [-0.4, -0.2) is 45.4 Å². The highest BCUT2D eigenvalue weighted by Gasteiger charge is 2.18. The van der Waals surface area contributed by atoms with Crippen molar-refractivity contribution in [2.45, 2.75) is 13.0 Å². The van der Waals surface area contributed by atoms with Crippen LogP contribution in [0, 0.1) is 0 Å². The van der Waals surface area contributed by atoms with Crippen LogP contribution in [0.25, 0.3) is 0 Å². The van der Waals surface area contributed by atoms with E-state index in [0.717, 1.165) is 12.0 Å². The van der Waals surface area contributed by atoms with Gasteiger partial charge in [0.2, 0.25) is 0 Å². The Kier molecular flexibility index (Phi) is 7.98. The van der Waals surface area contributed by atoms with Crippen molar-refractivity contribution in [2.75, 3.05) is 19.6 Å². The van der Waals surface area contributed by atoms with E-state index in [1.807, 2.05) is 48.5 Å². The smallest absolute Gasteiger partial charge is 0.276 e. The number of nitrogens with two attached hydrogens (primary N) is 1. The van der Waals surface area contributed by atoms with E-state index in [4.69, 9.17) is 5.73 Å². The lowest BCUT2D eigenvalue weighted by Gasteiger charge is -2.20. The Labute approximate surface area is 165 Å². The van der Waals surface area contributed by atoms with Crippen molar-refractivity contribution in [1.29, 1.82) is 0 Å². The SMILES string of the molecule is Cl.NCCN(CCc1ccccc1)C(=O)c1cn(Cc2ccccc2)nn1. The van der Waals surface area contributed by atoms with Crippen LogP contribution in [0.15, 0.2) is 66.9 Å². The van der Waals surface area contributed by atoms with Gasteiger partial charge in [-0.3, -0.25) is 4.79 Å². The molecule has 1 heterocycles. The van der Waals surface area contributed by atoms with Gasteiger partial charge in [0.25, 0.3) is 5.91 Å². The van der Waals surface area contributed by atoms with Gasteiger partial charge in [-0.25, -0.2) is 4.68 Å². The Bertz CT molecular complexity index is 823. The summed E-state index contributed by atoms with van der Waals surface area (Å²) in [5.41, 5.74) is 8.34. The predicted molar refractivity (Wildman–Crippen MR) is 108 cm³/mol. The molecule has 0 saturated heterocycles. The number of benzene rings is 2. The standard InChI is InChI=1S/C20H23N5O.ClH/c21-12-14-24(13-11-17-7-3-1-4-8-17)20(26)19-16-25(23-22-19)15-18-9-5-2-6-10-18;/h1-10,16H,11-15,21H2;1H. The number of halogens is 1. The fraction of sp³-hybridized carbons (Fsp3) is 0.250. The summed E-state index contributed by atoms with van der Waals surface area (Å²) in [4.78, 5) is 14.5. The van der Waals surface area contributed by atoms with E-state index in [0.29, 0.717) is 31.9 Å². The molecule has 0 spiro atoms. The summed E-state index contributed by atoms with van der Waals surface area (Å²) in [5, 5.41) is 8.13. The normalized spacial score (nSPS) is 10.3. The first kappa shape index (κ1) is 20.6. The van der Waals surface area contributed by atoms with Gasteiger partial charge in [-0.2, -0.15) is 0 Å². The van der Waals surface area contributed by atoms with Crippen molar-refractivity contribution in [3.8, 4) is 0 Å². The molecule has 6 nitrogen and oxygen atoms in total. The highest BCUT2D eigenvalue weighted by atomic mass is 35.5. The van der Waals surface area contributed by atoms with Crippen molar-refractivity contribution in [3.63, 3.8) is 0 Å². The van der Waals surface area contributed by atoms with Crippen LogP contribution < -0.4 is 5.73 Å². The van der Waals surface area contributed by atoms with Gasteiger partial charge >= 0.3 is 0 Å². The lowest BCUT2D eigenvalue weighted by molar-refractivity contribution is 0.0756. The monoisotopic (exact) mass is 385 g/mol. The molecule has 1 aromatic heterocycles. The van der Waals surface area contributed by atoms with Crippen LogP contribution in [0.1, 0.15) is 21.6 Å². The second-order valence-corrected chi connectivity index (χ2v) is 6.10. The maximum atomic E-state index is 12.8. The molecular formula is C20H24ClN5O. The fourth-order valence-electron chi connectivity index (χ4n) is 2.79. The van der Waals surface area contributed by atoms with Gasteiger partial charge in [0.1, 0.15) is 0 Å². The molecule has 142 valence electrons. The molecule has 0 bridgehead atoms.